The molecule has 0 fully saturated rings. The van der Waals surface area contributed by atoms with Gasteiger partial charge in [0.25, 0.3) is 0 Å². The third-order valence-corrected chi connectivity index (χ3v) is 2.15. The number of benzene rings is 1. The molecule has 6 heteroatoms. The van der Waals surface area contributed by atoms with Crippen LogP contribution >= 0.6 is 0 Å². The predicted octanol–water partition coefficient (Wildman–Crippen LogP) is 1.85. The molecule has 0 aliphatic rings. The molecule has 0 saturated carbocycles. The Morgan fingerprint density at radius 3 is 2.25 bits per heavy atom. The fourth-order valence-electron chi connectivity index (χ4n) is 1.16. The minimum absolute atomic E-state index is 0.0937. The molecule has 0 amide bonds. The van der Waals surface area contributed by atoms with Gasteiger partial charge in [0.05, 0.1) is 11.5 Å². The summed E-state index contributed by atoms with van der Waals surface area (Å²) in [6.45, 7) is 1.25. The number of carboxylic acids is 2. The van der Waals surface area contributed by atoms with Crippen LogP contribution in [0.4, 0.5) is 8.78 Å². The van der Waals surface area contributed by atoms with E-state index in [1.165, 1.54) is 6.92 Å². The van der Waals surface area contributed by atoms with Gasteiger partial charge in [-0.25, -0.2) is 13.6 Å². The SMILES string of the molecule is CC(C(=O)O)c1cc(F)c(F)c(C(=O)O)c1. The topological polar surface area (TPSA) is 74.6 Å². The van der Waals surface area contributed by atoms with Crippen molar-refractivity contribution in [2.75, 3.05) is 0 Å². The molecule has 0 aliphatic heterocycles. The van der Waals surface area contributed by atoms with Crippen LogP contribution < -0.4 is 0 Å². The number of hydrogen-bond acceptors (Lipinski definition) is 2. The van der Waals surface area contributed by atoms with Crippen molar-refractivity contribution in [3.63, 3.8) is 0 Å². The molecular weight excluding hydrogens is 222 g/mol. The molecule has 0 aliphatic carbocycles. The summed E-state index contributed by atoms with van der Waals surface area (Å²) in [5.74, 6) is -6.86. The lowest BCUT2D eigenvalue weighted by Crippen LogP contribution is -2.11. The van der Waals surface area contributed by atoms with Crippen LogP contribution in [0, 0.1) is 11.6 Å². The van der Waals surface area contributed by atoms with Crippen molar-refractivity contribution >= 4 is 11.9 Å². The number of aliphatic carboxylic acids is 1. The first-order chi connectivity index (χ1) is 7.34. The number of carboxylic acid groups (broad SMARTS) is 2. The zero-order valence-corrected chi connectivity index (χ0v) is 8.20. The van der Waals surface area contributed by atoms with Gasteiger partial charge in [-0.2, -0.15) is 0 Å². The average molecular weight is 230 g/mol. The Bertz CT molecular complexity index is 456. The molecule has 0 heterocycles. The lowest BCUT2D eigenvalue weighted by Gasteiger charge is -2.08. The van der Waals surface area contributed by atoms with E-state index in [4.69, 9.17) is 10.2 Å². The van der Waals surface area contributed by atoms with Gasteiger partial charge in [0, 0.05) is 0 Å². The Morgan fingerprint density at radius 1 is 1.25 bits per heavy atom. The van der Waals surface area contributed by atoms with Gasteiger partial charge in [-0.05, 0) is 24.6 Å². The Hall–Kier alpha value is -1.98. The van der Waals surface area contributed by atoms with E-state index in [0.29, 0.717) is 6.07 Å². The number of carbonyl (C=O) groups is 2. The number of hydrogen-bond donors (Lipinski definition) is 2. The molecule has 0 saturated heterocycles. The summed E-state index contributed by atoms with van der Waals surface area (Å²) in [7, 11) is 0. The summed E-state index contributed by atoms with van der Waals surface area (Å²) >= 11 is 0. The first-order valence-corrected chi connectivity index (χ1v) is 4.29. The lowest BCUT2D eigenvalue weighted by molar-refractivity contribution is -0.138. The molecule has 86 valence electrons. The smallest absolute Gasteiger partial charge is 0.338 e. The maximum absolute atomic E-state index is 13.0. The highest BCUT2D eigenvalue weighted by Gasteiger charge is 2.21. The molecule has 1 aromatic carbocycles. The summed E-state index contributed by atoms with van der Waals surface area (Å²) in [5.41, 5.74) is -0.966. The summed E-state index contributed by atoms with van der Waals surface area (Å²) in [4.78, 5) is 21.2. The van der Waals surface area contributed by atoms with Crippen LogP contribution in [0.2, 0.25) is 0 Å². The summed E-state index contributed by atoms with van der Waals surface area (Å²) in [6, 6.07) is 1.50. The standard InChI is InChI=1S/C10H8F2O4/c1-4(9(13)14)5-2-6(10(15)16)8(12)7(11)3-5/h2-4H,1H3,(H,13,14)(H,15,16). The van der Waals surface area contributed by atoms with Gasteiger partial charge in [0.2, 0.25) is 0 Å². The highest BCUT2D eigenvalue weighted by Crippen LogP contribution is 2.21. The van der Waals surface area contributed by atoms with Gasteiger partial charge < -0.3 is 10.2 Å². The summed E-state index contributed by atoms with van der Waals surface area (Å²) < 4.78 is 26.0. The van der Waals surface area contributed by atoms with Crippen molar-refractivity contribution in [3.8, 4) is 0 Å². The Labute approximate surface area is 89.1 Å². The van der Waals surface area contributed by atoms with Crippen LogP contribution in [0.1, 0.15) is 28.8 Å². The fraction of sp³-hybridized carbons (Fsp3) is 0.200. The van der Waals surface area contributed by atoms with Gasteiger partial charge in [0.1, 0.15) is 0 Å². The first kappa shape index (κ1) is 12.1. The third-order valence-electron chi connectivity index (χ3n) is 2.15. The van der Waals surface area contributed by atoms with Crippen LogP contribution in [-0.2, 0) is 4.79 Å². The van der Waals surface area contributed by atoms with Gasteiger partial charge in [-0.15, -0.1) is 0 Å². The van der Waals surface area contributed by atoms with Crippen molar-refractivity contribution in [1.29, 1.82) is 0 Å². The van der Waals surface area contributed by atoms with E-state index in [-0.39, 0.29) is 5.56 Å². The minimum atomic E-state index is -1.64. The molecule has 2 N–H and O–H groups in total. The normalized spacial score (nSPS) is 12.2. The number of rotatable bonds is 3. The Morgan fingerprint density at radius 2 is 1.81 bits per heavy atom. The van der Waals surface area contributed by atoms with E-state index in [1.54, 1.807) is 0 Å². The van der Waals surface area contributed by atoms with E-state index >= 15 is 0 Å². The van der Waals surface area contributed by atoms with Crippen LogP contribution in [0.15, 0.2) is 12.1 Å². The molecule has 4 nitrogen and oxygen atoms in total. The van der Waals surface area contributed by atoms with Crippen LogP contribution in [-0.4, -0.2) is 22.2 Å². The molecule has 0 spiro atoms. The molecule has 1 unspecified atom stereocenters. The summed E-state index contributed by atoms with van der Waals surface area (Å²) in [5, 5.41) is 17.2. The van der Waals surface area contributed by atoms with Gasteiger partial charge >= 0.3 is 11.9 Å². The zero-order valence-electron chi connectivity index (χ0n) is 8.20. The highest BCUT2D eigenvalue weighted by molar-refractivity contribution is 5.88. The number of halogens is 2. The second kappa shape index (κ2) is 4.26. The van der Waals surface area contributed by atoms with E-state index in [1.807, 2.05) is 0 Å². The van der Waals surface area contributed by atoms with Crippen LogP contribution in [0.5, 0.6) is 0 Å². The fourth-order valence-corrected chi connectivity index (χ4v) is 1.16. The number of aromatic carboxylic acids is 1. The second-order valence-corrected chi connectivity index (χ2v) is 3.23. The van der Waals surface area contributed by atoms with Crippen molar-refractivity contribution < 1.29 is 28.6 Å². The van der Waals surface area contributed by atoms with Crippen molar-refractivity contribution in [1.82, 2.24) is 0 Å². The second-order valence-electron chi connectivity index (χ2n) is 3.23. The lowest BCUT2D eigenvalue weighted by atomic mass is 9.98. The molecule has 0 bridgehead atoms. The quantitative estimate of drug-likeness (QED) is 0.830. The highest BCUT2D eigenvalue weighted by atomic mass is 19.2. The molecule has 1 atom stereocenters. The molecule has 0 radical (unpaired) electrons. The Balaban J connectivity index is 3.34. The van der Waals surface area contributed by atoms with E-state index in [0.717, 1.165) is 6.07 Å². The molecule has 16 heavy (non-hydrogen) atoms. The first-order valence-electron chi connectivity index (χ1n) is 4.29. The average Bonchev–Trinajstić information content (AvgIpc) is 2.20. The van der Waals surface area contributed by atoms with Crippen molar-refractivity contribution in [3.05, 3.63) is 34.9 Å². The summed E-state index contributed by atoms with van der Waals surface area (Å²) in [6.07, 6.45) is 0. The van der Waals surface area contributed by atoms with E-state index in [2.05, 4.69) is 0 Å². The van der Waals surface area contributed by atoms with Gasteiger partial charge in [-0.1, -0.05) is 0 Å². The van der Waals surface area contributed by atoms with Crippen molar-refractivity contribution in [2.24, 2.45) is 0 Å². The monoisotopic (exact) mass is 230 g/mol. The minimum Gasteiger partial charge on any atom is -0.481 e. The molecular formula is C10H8F2O4. The predicted molar refractivity (Wildman–Crippen MR) is 49.4 cm³/mol. The molecule has 0 aromatic heterocycles. The molecule has 1 aromatic rings. The van der Waals surface area contributed by atoms with Gasteiger partial charge in [-0.3, -0.25) is 4.79 Å². The third kappa shape index (κ3) is 2.16. The Kier molecular flexibility index (Phi) is 3.22. The molecule has 1 rings (SSSR count). The van der Waals surface area contributed by atoms with Crippen LogP contribution in [0.3, 0.4) is 0 Å². The largest absolute Gasteiger partial charge is 0.481 e. The van der Waals surface area contributed by atoms with Gasteiger partial charge in [0.15, 0.2) is 11.6 Å². The van der Waals surface area contributed by atoms with E-state index in [9.17, 15) is 18.4 Å². The maximum Gasteiger partial charge on any atom is 0.338 e. The zero-order chi connectivity index (χ0) is 12.5. The van der Waals surface area contributed by atoms with Crippen molar-refractivity contribution in [2.45, 2.75) is 12.8 Å². The van der Waals surface area contributed by atoms with Crippen LogP contribution in [0.25, 0.3) is 0 Å². The maximum atomic E-state index is 13.0. The van der Waals surface area contributed by atoms with E-state index < -0.39 is 35.1 Å².